The van der Waals surface area contributed by atoms with Crippen LogP contribution in [0.25, 0.3) is 0 Å². The minimum Gasteiger partial charge on any atom is -0.357 e. The van der Waals surface area contributed by atoms with Gasteiger partial charge in [0.25, 0.3) is 0 Å². The summed E-state index contributed by atoms with van der Waals surface area (Å²) >= 11 is 0. The zero-order chi connectivity index (χ0) is 18.0. The Bertz CT molecular complexity index is 649. The molecule has 0 amide bonds. The molecule has 0 aromatic heterocycles. The van der Waals surface area contributed by atoms with Crippen LogP contribution < -0.4 is 10.6 Å². The van der Waals surface area contributed by atoms with Crippen LogP contribution >= 0.6 is 24.0 Å². The number of hydrogen-bond donors (Lipinski definition) is 2. The maximum Gasteiger partial charge on any atom is 0.191 e. The predicted molar refractivity (Wildman–Crippen MR) is 119 cm³/mol. The second kappa shape index (κ2) is 9.07. The number of hydrogen-bond acceptors (Lipinski definition) is 2. The van der Waals surface area contributed by atoms with E-state index < -0.39 is 0 Å². The summed E-state index contributed by atoms with van der Waals surface area (Å²) in [5, 5.41) is 7.03. The van der Waals surface area contributed by atoms with Gasteiger partial charge in [0.15, 0.2) is 5.96 Å². The van der Waals surface area contributed by atoms with Gasteiger partial charge in [0, 0.05) is 37.1 Å². The first-order valence-electron chi connectivity index (χ1n) is 10.2. The molecule has 1 aromatic carbocycles. The molecule has 2 N–H and O–H groups in total. The second-order valence-electron chi connectivity index (χ2n) is 8.17. The number of rotatable bonds is 6. The first kappa shape index (κ1) is 20.8. The minimum absolute atomic E-state index is 0. The fourth-order valence-electron chi connectivity index (χ4n) is 4.10. The van der Waals surface area contributed by atoms with Crippen molar-refractivity contribution in [3.05, 3.63) is 35.6 Å². The van der Waals surface area contributed by atoms with Crippen molar-refractivity contribution in [3.63, 3.8) is 0 Å². The highest BCUT2D eigenvalue weighted by atomic mass is 127. The van der Waals surface area contributed by atoms with Crippen LogP contribution in [0.5, 0.6) is 0 Å². The van der Waals surface area contributed by atoms with Crippen molar-refractivity contribution < 1.29 is 4.39 Å². The van der Waals surface area contributed by atoms with Gasteiger partial charge in [0.2, 0.25) is 0 Å². The molecule has 27 heavy (non-hydrogen) atoms. The van der Waals surface area contributed by atoms with E-state index in [4.69, 9.17) is 4.99 Å². The van der Waals surface area contributed by atoms with Crippen molar-refractivity contribution in [2.45, 2.75) is 62.9 Å². The number of aliphatic imine (C=N–C) groups is 1. The summed E-state index contributed by atoms with van der Waals surface area (Å²) in [6.07, 6.45) is 7.36. The zero-order valence-corrected chi connectivity index (χ0v) is 18.5. The van der Waals surface area contributed by atoms with E-state index in [9.17, 15) is 4.39 Å². The molecule has 0 radical (unpaired) electrons. The molecular weight excluding hydrogens is 454 g/mol. The molecule has 1 heterocycles. The first-order valence-corrected chi connectivity index (χ1v) is 10.2. The number of nitrogens with one attached hydrogen (secondary N) is 2. The van der Waals surface area contributed by atoms with Crippen LogP contribution in [0.4, 0.5) is 4.39 Å². The Balaban J connectivity index is 0.00000210. The van der Waals surface area contributed by atoms with Gasteiger partial charge in [0.1, 0.15) is 5.82 Å². The summed E-state index contributed by atoms with van der Waals surface area (Å²) in [5.41, 5.74) is 1.13. The summed E-state index contributed by atoms with van der Waals surface area (Å²) in [5.74, 6) is 0.769. The highest BCUT2D eigenvalue weighted by molar-refractivity contribution is 14.0. The van der Waals surface area contributed by atoms with E-state index in [-0.39, 0.29) is 35.2 Å². The molecule has 0 bridgehead atoms. The molecule has 3 fully saturated rings. The molecule has 1 saturated heterocycles. The SMILES string of the molecule is CCNC(=NCC1(c2cccc(F)c2)CC1)NC1CCN(C2CC2)CC1.I. The Morgan fingerprint density at radius 2 is 1.96 bits per heavy atom. The smallest absolute Gasteiger partial charge is 0.191 e. The van der Waals surface area contributed by atoms with Crippen LogP contribution in [0, 0.1) is 5.82 Å². The Morgan fingerprint density at radius 3 is 2.56 bits per heavy atom. The molecular formula is C21H32FIN4. The van der Waals surface area contributed by atoms with Crippen molar-refractivity contribution in [1.82, 2.24) is 15.5 Å². The molecule has 2 aliphatic carbocycles. The van der Waals surface area contributed by atoms with E-state index in [0.29, 0.717) is 6.04 Å². The Morgan fingerprint density at radius 1 is 1.22 bits per heavy atom. The Hall–Kier alpha value is -0.890. The molecule has 2 saturated carbocycles. The van der Waals surface area contributed by atoms with Crippen LogP contribution in [0.2, 0.25) is 0 Å². The Kier molecular flexibility index (Phi) is 7.00. The van der Waals surface area contributed by atoms with E-state index in [1.165, 1.54) is 44.8 Å². The van der Waals surface area contributed by atoms with Crippen molar-refractivity contribution in [2.75, 3.05) is 26.2 Å². The van der Waals surface area contributed by atoms with E-state index >= 15 is 0 Å². The monoisotopic (exact) mass is 486 g/mol. The highest BCUT2D eigenvalue weighted by Gasteiger charge is 2.44. The first-order chi connectivity index (χ1) is 12.7. The third-order valence-corrected chi connectivity index (χ3v) is 6.11. The van der Waals surface area contributed by atoms with Crippen molar-refractivity contribution >= 4 is 29.9 Å². The molecule has 4 nitrogen and oxygen atoms in total. The fraction of sp³-hybridized carbons (Fsp3) is 0.667. The van der Waals surface area contributed by atoms with Crippen LogP contribution in [0.1, 0.15) is 51.0 Å². The molecule has 1 aromatic rings. The second-order valence-corrected chi connectivity index (χ2v) is 8.17. The molecule has 150 valence electrons. The number of likely N-dealkylation sites (tertiary alicyclic amines) is 1. The fourth-order valence-corrected chi connectivity index (χ4v) is 4.10. The van der Waals surface area contributed by atoms with Crippen LogP contribution in [0.3, 0.4) is 0 Å². The highest BCUT2D eigenvalue weighted by Crippen LogP contribution is 2.48. The average Bonchev–Trinajstić information content (AvgIpc) is 3.55. The standard InChI is InChI=1S/C21H31FN4.HI/c1-2-23-20(25-18-8-12-26(13-9-18)19-6-7-19)24-15-21(10-11-21)16-4-3-5-17(22)14-16;/h3-5,14,18-19H,2,6-13,15H2,1H3,(H2,23,24,25);1H. The Labute approximate surface area is 179 Å². The molecule has 6 heteroatoms. The largest absolute Gasteiger partial charge is 0.357 e. The molecule has 0 unspecified atom stereocenters. The summed E-state index contributed by atoms with van der Waals surface area (Å²) in [7, 11) is 0. The third kappa shape index (κ3) is 5.34. The quantitative estimate of drug-likeness (QED) is 0.367. The van der Waals surface area contributed by atoms with Gasteiger partial charge in [0.05, 0.1) is 6.54 Å². The molecule has 1 aliphatic heterocycles. The average molecular weight is 486 g/mol. The van der Waals surface area contributed by atoms with E-state index in [2.05, 4.69) is 22.5 Å². The third-order valence-electron chi connectivity index (χ3n) is 6.11. The number of benzene rings is 1. The topological polar surface area (TPSA) is 39.7 Å². The number of halogens is 2. The maximum atomic E-state index is 13.6. The van der Waals surface area contributed by atoms with Gasteiger partial charge in [-0.25, -0.2) is 4.39 Å². The lowest BCUT2D eigenvalue weighted by molar-refractivity contribution is 0.197. The lowest BCUT2D eigenvalue weighted by Gasteiger charge is -2.33. The van der Waals surface area contributed by atoms with Gasteiger partial charge in [-0.3, -0.25) is 4.99 Å². The van der Waals surface area contributed by atoms with E-state index in [1.807, 2.05) is 12.1 Å². The van der Waals surface area contributed by atoms with Crippen molar-refractivity contribution in [3.8, 4) is 0 Å². The van der Waals surface area contributed by atoms with Crippen LogP contribution in [0.15, 0.2) is 29.3 Å². The van der Waals surface area contributed by atoms with Crippen molar-refractivity contribution in [1.29, 1.82) is 0 Å². The summed E-state index contributed by atoms with van der Waals surface area (Å²) in [6, 6.07) is 8.43. The van der Waals surface area contributed by atoms with Gasteiger partial charge in [-0.05, 0) is 63.1 Å². The normalized spacial score (nSPS) is 22.8. The lowest BCUT2D eigenvalue weighted by Crippen LogP contribution is -2.49. The summed E-state index contributed by atoms with van der Waals surface area (Å²) < 4.78 is 13.6. The molecule has 0 spiro atoms. The van der Waals surface area contributed by atoms with Gasteiger partial charge in [-0.2, -0.15) is 0 Å². The van der Waals surface area contributed by atoms with Gasteiger partial charge in [-0.15, -0.1) is 24.0 Å². The van der Waals surface area contributed by atoms with Crippen LogP contribution in [-0.2, 0) is 5.41 Å². The summed E-state index contributed by atoms with van der Waals surface area (Å²) in [6.45, 7) is 6.10. The minimum atomic E-state index is -0.148. The van der Waals surface area contributed by atoms with Crippen LogP contribution in [-0.4, -0.2) is 49.1 Å². The lowest BCUT2D eigenvalue weighted by atomic mass is 9.96. The maximum absolute atomic E-state index is 13.6. The summed E-state index contributed by atoms with van der Waals surface area (Å²) in [4.78, 5) is 7.52. The van der Waals surface area contributed by atoms with Crippen molar-refractivity contribution in [2.24, 2.45) is 4.99 Å². The van der Waals surface area contributed by atoms with E-state index in [0.717, 1.165) is 43.5 Å². The van der Waals surface area contributed by atoms with Gasteiger partial charge >= 0.3 is 0 Å². The molecule has 3 aliphatic rings. The van der Waals surface area contributed by atoms with Gasteiger partial charge in [-0.1, -0.05) is 12.1 Å². The molecule has 0 atom stereocenters. The number of nitrogens with zero attached hydrogens (tertiary/aromatic N) is 2. The van der Waals surface area contributed by atoms with E-state index in [1.54, 1.807) is 6.07 Å². The number of piperidine rings is 1. The number of guanidine groups is 1. The zero-order valence-electron chi connectivity index (χ0n) is 16.2. The molecule has 4 rings (SSSR count). The van der Waals surface area contributed by atoms with Gasteiger partial charge < -0.3 is 15.5 Å². The predicted octanol–water partition coefficient (Wildman–Crippen LogP) is 3.66.